The molecule has 0 fully saturated rings. The molecular weight excluding hydrogens is 312 g/mol. The molecule has 7 heteroatoms. The van der Waals surface area contributed by atoms with Crippen molar-refractivity contribution in [1.29, 1.82) is 0 Å². The van der Waals surface area contributed by atoms with Crippen molar-refractivity contribution in [1.82, 2.24) is 0 Å². The molecule has 0 saturated heterocycles. The Hall–Kier alpha value is -0.750. The Morgan fingerprint density at radius 3 is 2.44 bits per heavy atom. The largest absolute Gasteiger partial charge is 0.507 e. The van der Waals surface area contributed by atoms with E-state index in [0.29, 0.717) is 12.1 Å². The first-order chi connectivity index (χ1) is 7.27. The van der Waals surface area contributed by atoms with Crippen molar-refractivity contribution < 1.29 is 23.1 Å². The molecule has 1 rings (SSSR count). The molecule has 0 aromatic heterocycles. The zero-order chi connectivity index (χ0) is 12.5. The highest BCUT2D eigenvalue weighted by Crippen LogP contribution is 2.38. The van der Waals surface area contributed by atoms with Crippen molar-refractivity contribution in [2.75, 3.05) is 5.33 Å². The summed E-state index contributed by atoms with van der Waals surface area (Å²) in [6, 6.07) is 1.25. The van der Waals surface area contributed by atoms with Crippen LogP contribution >= 0.6 is 27.5 Å². The maximum absolute atomic E-state index is 12.4. The first-order valence-electron chi connectivity index (χ1n) is 3.96. The molecule has 1 N–H and O–H groups in total. The molecule has 16 heavy (non-hydrogen) atoms. The van der Waals surface area contributed by atoms with Gasteiger partial charge in [0, 0.05) is 0 Å². The summed E-state index contributed by atoms with van der Waals surface area (Å²) in [4.78, 5) is 11.2. The third-order valence-corrected chi connectivity index (χ3v) is 2.63. The molecule has 0 unspecified atom stereocenters. The van der Waals surface area contributed by atoms with Crippen LogP contribution in [0.4, 0.5) is 13.2 Å². The molecule has 0 spiro atoms. The lowest BCUT2D eigenvalue weighted by atomic mass is 10.1. The van der Waals surface area contributed by atoms with Crippen molar-refractivity contribution >= 4 is 33.3 Å². The Labute approximate surface area is 102 Å². The van der Waals surface area contributed by atoms with Gasteiger partial charge in [0.05, 0.1) is 21.5 Å². The Kier molecular flexibility index (Phi) is 3.85. The summed E-state index contributed by atoms with van der Waals surface area (Å²) in [5.74, 6) is -1.22. The predicted octanol–water partition coefficient (Wildman–Crippen LogP) is 3.64. The van der Waals surface area contributed by atoms with Gasteiger partial charge in [-0.3, -0.25) is 4.79 Å². The number of hydrogen-bond acceptors (Lipinski definition) is 2. The third-order valence-electron chi connectivity index (χ3n) is 1.81. The van der Waals surface area contributed by atoms with Gasteiger partial charge in [0.25, 0.3) is 0 Å². The van der Waals surface area contributed by atoms with E-state index in [1.165, 1.54) is 0 Å². The van der Waals surface area contributed by atoms with Crippen LogP contribution in [0.25, 0.3) is 0 Å². The summed E-state index contributed by atoms with van der Waals surface area (Å²) in [5.41, 5.74) is -1.55. The highest BCUT2D eigenvalue weighted by molar-refractivity contribution is 9.09. The number of benzene rings is 1. The summed E-state index contributed by atoms with van der Waals surface area (Å²) in [6.07, 6.45) is -4.66. The molecule has 0 bridgehead atoms. The number of Topliss-reactive ketones (excluding diaryl/α,β-unsaturated/α-hetero) is 1. The average Bonchev–Trinajstić information content (AvgIpc) is 2.14. The normalized spacial score (nSPS) is 11.6. The topological polar surface area (TPSA) is 37.3 Å². The van der Waals surface area contributed by atoms with Crippen LogP contribution in [0, 0.1) is 0 Å². The maximum atomic E-state index is 12.4. The second-order valence-electron chi connectivity index (χ2n) is 2.90. The third kappa shape index (κ3) is 2.68. The van der Waals surface area contributed by atoms with Gasteiger partial charge in [-0.25, -0.2) is 0 Å². The monoisotopic (exact) mass is 316 g/mol. The minimum absolute atomic E-state index is 0.181. The Balaban J connectivity index is 3.39. The lowest BCUT2D eigenvalue weighted by Gasteiger charge is -2.11. The van der Waals surface area contributed by atoms with Gasteiger partial charge in [-0.05, 0) is 12.1 Å². The summed E-state index contributed by atoms with van der Waals surface area (Å²) < 4.78 is 37.3. The second kappa shape index (κ2) is 4.63. The van der Waals surface area contributed by atoms with Crippen molar-refractivity contribution in [3.05, 3.63) is 28.3 Å². The molecule has 88 valence electrons. The zero-order valence-corrected chi connectivity index (χ0v) is 9.95. The molecule has 0 saturated carbocycles. The van der Waals surface area contributed by atoms with Gasteiger partial charge in [-0.1, -0.05) is 27.5 Å². The number of carbonyl (C=O) groups excluding carboxylic acids is 1. The van der Waals surface area contributed by atoms with Crippen LogP contribution < -0.4 is 0 Å². The first kappa shape index (κ1) is 13.3. The molecule has 0 heterocycles. The van der Waals surface area contributed by atoms with E-state index in [0.717, 1.165) is 0 Å². The van der Waals surface area contributed by atoms with Crippen LogP contribution in [0.15, 0.2) is 12.1 Å². The van der Waals surface area contributed by atoms with Gasteiger partial charge in [-0.15, -0.1) is 0 Å². The van der Waals surface area contributed by atoms with E-state index >= 15 is 0 Å². The summed E-state index contributed by atoms with van der Waals surface area (Å²) in [7, 11) is 0. The summed E-state index contributed by atoms with van der Waals surface area (Å²) in [5, 5.41) is 8.47. The quantitative estimate of drug-likeness (QED) is 0.668. The molecule has 0 atom stereocenters. The lowest BCUT2D eigenvalue weighted by Crippen LogP contribution is -2.09. The van der Waals surface area contributed by atoms with Crippen molar-refractivity contribution in [3.8, 4) is 5.75 Å². The van der Waals surface area contributed by atoms with Crippen LogP contribution in [0.1, 0.15) is 15.9 Å². The second-order valence-corrected chi connectivity index (χ2v) is 3.87. The van der Waals surface area contributed by atoms with Crippen LogP contribution in [0.5, 0.6) is 5.75 Å². The SMILES string of the molecule is O=C(CBr)c1cc(C(F)(F)F)c(Cl)cc1O. The van der Waals surface area contributed by atoms with Gasteiger partial charge < -0.3 is 5.11 Å². The minimum Gasteiger partial charge on any atom is -0.507 e. The Morgan fingerprint density at radius 2 is 2.00 bits per heavy atom. The Bertz CT molecular complexity index is 431. The molecule has 1 aromatic carbocycles. The number of alkyl halides is 4. The fourth-order valence-electron chi connectivity index (χ4n) is 1.08. The molecule has 0 aliphatic rings. The number of aromatic hydroxyl groups is 1. The number of hydrogen-bond donors (Lipinski definition) is 1. The number of phenolic OH excluding ortho intramolecular Hbond substituents is 1. The van der Waals surface area contributed by atoms with Gasteiger partial charge in [0.15, 0.2) is 5.78 Å². The summed E-state index contributed by atoms with van der Waals surface area (Å²) in [6.45, 7) is 0. The highest BCUT2D eigenvalue weighted by atomic mass is 79.9. The van der Waals surface area contributed by atoms with Crippen LogP contribution in [-0.2, 0) is 6.18 Å². The van der Waals surface area contributed by atoms with E-state index in [1.807, 2.05) is 0 Å². The van der Waals surface area contributed by atoms with E-state index in [9.17, 15) is 23.1 Å². The van der Waals surface area contributed by atoms with Crippen molar-refractivity contribution in [2.45, 2.75) is 6.18 Å². The number of phenols is 1. The molecule has 0 aliphatic carbocycles. The molecule has 0 aliphatic heterocycles. The van der Waals surface area contributed by atoms with E-state index < -0.39 is 33.9 Å². The van der Waals surface area contributed by atoms with Gasteiger partial charge in [0.1, 0.15) is 5.75 Å². The number of carbonyl (C=O) groups is 1. The van der Waals surface area contributed by atoms with Crippen molar-refractivity contribution in [2.24, 2.45) is 0 Å². The fourth-order valence-corrected chi connectivity index (χ4v) is 1.64. The average molecular weight is 317 g/mol. The molecule has 2 nitrogen and oxygen atoms in total. The predicted molar refractivity (Wildman–Crippen MR) is 56.2 cm³/mol. The summed E-state index contributed by atoms with van der Waals surface area (Å²) >= 11 is 8.14. The number of halogens is 5. The molecule has 1 aromatic rings. The number of ketones is 1. The van der Waals surface area contributed by atoms with E-state index in [4.69, 9.17) is 11.6 Å². The lowest BCUT2D eigenvalue weighted by molar-refractivity contribution is -0.137. The van der Waals surface area contributed by atoms with Crippen molar-refractivity contribution in [3.63, 3.8) is 0 Å². The van der Waals surface area contributed by atoms with E-state index in [1.54, 1.807) is 0 Å². The van der Waals surface area contributed by atoms with Crippen LogP contribution in [0.2, 0.25) is 5.02 Å². The fraction of sp³-hybridized carbons (Fsp3) is 0.222. The molecule has 0 amide bonds. The van der Waals surface area contributed by atoms with Gasteiger partial charge in [0.2, 0.25) is 0 Å². The molecular formula is C9H5BrClF3O2. The standard InChI is InChI=1S/C9H5BrClF3O2/c10-3-8(16)4-1-5(9(12,13)14)6(11)2-7(4)15/h1-2,15H,3H2. The van der Waals surface area contributed by atoms with Gasteiger partial charge in [-0.2, -0.15) is 13.2 Å². The highest BCUT2D eigenvalue weighted by Gasteiger charge is 2.34. The maximum Gasteiger partial charge on any atom is 0.417 e. The van der Waals surface area contributed by atoms with Gasteiger partial charge >= 0.3 is 6.18 Å². The first-order valence-corrected chi connectivity index (χ1v) is 5.46. The Morgan fingerprint density at radius 1 is 1.44 bits per heavy atom. The van der Waals surface area contributed by atoms with Crippen LogP contribution in [-0.4, -0.2) is 16.2 Å². The zero-order valence-electron chi connectivity index (χ0n) is 7.61. The van der Waals surface area contributed by atoms with E-state index in [2.05, 4.69) is 15.9 Å². The minimum atomic E-state index is -4.66. The van der Waals surface area contributed by atoms with E-state index in [-0.39, 0.29) is 5.33 Å². The smallest absolute Gasteiger partial charge is 0.417 e. The van der Waals surface area contributed by atoms with Crippen LogP contribution in [0.3, 0.4) is 0 Å². The molecule has 0 radical (unpaired) electrons. The number of rotatable bonds is 2.